The average molecular weight is 422 g/mol. The number of rotatable bonds is 2. The lowest BCUT2D eigenvalue weighted by Crippen LogP contribution is -1.92. The summed E-state index contributed by atoms with van der Waals surface area (Å²) in [6.45, 7) is 0. The Morgan fingerprint density at radius 2 is 1.27 bits per heavy atom. The SMILES string of the molecule is c1cc(-c2ccc3ccccc3c2)cc(-c2nc3c(nc4ccccn43)c3ccccc23)c1. The van der Waals surface area contributed by atoms with Gasteiger partial charge in [0.25, 0.3) is 0 Å². The molecular weight excluding hydrogens is 402 g/mol. The van der Waals surface area contributed by atoms with Crippen molar-refractivity contribution in [2.45, 2.75) is 0 Å². The van der Waals surface area contributed by atoms with Crippen LogP contribution < -0.4 is 0 Å². The van der Waals surface area contributed by atoms with Gasteiger partial charge < -0.3 is 0 Å². The zero-order valence-corrected chi connectivity index (χ0v) is 17.8. The van der Waals surface area contributed by atoms with Crippen molar-refractivity contribution in [3.8, 4) is 22.4 Å². The predicted molar refractivity (Wildman–Crippen MR) is 136 cm³/mol. The Balaban J connectivity index is 1.48. The van der Waals surface area contributed by atoms with Crippen LogP contribution in [0.1, 0.15) is 0 Å². The summed E-state index contributed by atoms with van der Waals surface area (Å²) in [4.78, 5) is 10.0. The summed E-state index contributed by atoms with van der Waals surface area (Å²) in [5.74, 6) is 0. The molecule has 154 valence electrons. The lowest BCUT2D eigenvalue weighted by molar-refractivity contribution is 1.19. The van der Waals surface area contributed by atoms with Crippen LogP contribution in [0.2, 0.25) is 0 Å². The normalized spacial score (nSPS) is 11.6. The summed E-state index contributed by atoms with van der Waals surface area (Å²) in [6.07, 6.45) is 2.03. The van der Waals surface area contributed by atoms with E-state index in [4.69, 9.17) is 9.97 Å². The van der Waals surface area contributed by atoms with E-state index < -0.39 is 0 Å². The van der Waals surface area contributed by atoms with Gasteiger partial charge in [0.2, 0.25) is 0 Å². The number of imidazole rings is 1. The van der Waals surface area contributed by atoms with E-state index in [1.807, 2.05) is 24.4 Å². The van der Waals surface area contributed by atoms with E-state index in [0.717, 1.165) is 38.8 Å². The maximum atomic E-state index is 5.15. The van der Waals surface area contributed by atoms with Crippen LogP contribution >= 0.6 is 0 Å². The van der Waals surface area contributed by atoms with Crippen molar-refractivity contribution in [3.05, 3.63) is 115 Å². The first-order valence-corrected chi connectivity index (χ1v) is 11.1. The average Bonchev–Trinajstić information content (AvgIpc) is 3.27. The number of aromatic nitrogens is 3. The highest BCUT2D eigenvalue weighted by atomic mass is 15.1. The number of hydrogen-bond acceptors (Lipinski definition) is 2. The van der Waals surface area contributed by atoms with Gasteiger partial charge in [0.05, 0.1) is 5.69 Å². The quantitative estimate of drug-likeness (QED) is 0.289. The molecule has 33 heavy (non-hydrogen) atoms. The molecule has 3 nitrogen and oxygen atoms in total. The fraction of sp³-hybridized carbons (Fsp3) is 0. The molecule has 0 spiro atoms. The summed E-state index contributed by atoms with van der Waals surface area (Å²) < 4.78 is 2.07. The van der Waals surface area contributed by atoms with Gasteiger partial charge in [-0.05, 0) is 46.2 Å². The van der Waals surface area contributed by atoms with E-state index in [2.05, 4.69) is 95.4 Å². The van der Waals surface area contributed by atoms with Crippen LogP contribution in [0.5, 0.6) is 0 Å². The third-order valence-corrected chi connectivity index (χ3v) is 6.38. The van der Waals surface area contributed by atoms with E-state index >= 15 is 0 Å². The van der Waals surface area contributed by atoms with E-state index in [-0.39, 0.29) is 0 Å². The van der Waals surface area contributed by atoms with Crippen molar-refractivity contribution in [1.29, 1.82) is 0 Å². The Bertz CT molecular complexity index is 1830. The molecule has 3 aromatic heterocycles. The number of benzene rings is 4. The molecule has 0 saturated heterocycles. The largest absolute Gasteiger partial charge is 0.284 e. The number of nitrogens with zero attached hydrogens (tertiary/aromatic N) is 3. The lowest BCUT2D eigenvalue weighted by atomic mass is 9.97. The molecule has 0 atom stereocenters. The minimum Gasteiger partial charge on any atom is -0.284 e. The highest BCUT2D eigenvalue weighted by Crippen LogP contribution is 2.34. The highest BCUT2D eigenvalue weighted by Gasteiger charge is 2.15. The minimum absolute atomic E-state index is 0.885. The molecule has 0 radical (unpaired) electrons. The van der Waals surface area contributed by atoms with Crippen molar-refractivity contribution in [3.63, 3.8) is 0 Å². The second kappa shape index (κ2) is 7.01. The number of pyridine rings is 2. The van der Waals surface area contributed by atoms with Crippen LogP contribution in [0.25, 0.3) is 60.7 Å². The molecule has 4 aromatic carbocycles. The summed E-state index contributed by atoms with van der Waals surface area (Å²) >= 11 is 0. The molecule has 3 heteroatoms. The first-order valence-electron chi connectivity index (χ1n) is 11.1. The van der Waals surface area contributed by atoms with Crippen LogP contribution in [0, 0.1) is 0 Å². The third kappa shape index (κ3) is 2.83. The van der Waals surface area contributed by atoms with Gasteiger partial charge in [-0.15, -0.1) is 0 Å². The first kappa shape index (κ1) is 18.1. The van der Waals surface area contributed by atoms with Crippen molar-refractivity contribution < 1.29 is 0 Å². The molecule has 0 N–H and O–H groups in total. The fourth-order valence-corrected chi connectivity index (χ4v) is 4.77. The summed E-state index contributed by atoms with van der Waals surface area (Å²) in [6, 6.07) is 38.3. The van der Waals surface area contributed by atoms with E-state index in [9.17, 15) is 0 Å². The van der Waals surface area contributed by atoms with Crippen LogP contribution in [0.3, 0.4) is 0 Å². The monoisotopic (exact) mass is 421 g/mol. The lowest BCUT2D eigenvalue weighted by Gasteiger charge is -2.10. The van der Waals surface area contributed by atoms with Gasteiger partial charge in [-0.3, -0.25) is 4.40 Å². The molecule has 7 rings (SSSR count). The van der Waals surface area contributed by atoms with Crippen LogP contribution in [0.15, 0.2) is 115 Å². The van der Waals surface area contributed by atoms with Crippen molar-refractivity contribution in [2.75, 3.05) is 0 Å². The molecule has 0 aliphatic carbocycles. The van der Waals surface area contributed by atoms with Crippen LogP contribution in [-0.2, 0) is 0 Å². The second-order valence-corrected chi connectivity index (χ2v) is 8.36. The fourth-order valence-electron chi connectivity index (χ4n) is 4.77. The Kier molecular flexibility index (Phi) is 3.84. The summed E-state index contributed by atoms with van der Waals surface area (Å²) in [7, 11) is 0. The molecule has 0 unspecified atom stereocenters. The summed E-state index contributed by atoms with van der Waals surface area (Å²) in [5, 5.41) is 4.74. The molecule has 7 aromatic rings. The van der Waals surface area contributed by atoms with E-state index in [1.54, 1.807) is 0 Å². The molecular formula is C30H19N3. The Morgan fingerprint density at radius 1 is 0.515 bits per heavy atom. The molecule has 0 aliphatic rings. The van der Waals surface area contributed by atoms with Crippen molar-refractivity contribution in [2.24, 2.45) is 0 Å². The molecule has 0 saturated carbocycles. The Labute approximate surface area is 190 Å². The smallest absolute Gasteiger partial charge is 0.165 e. The third-order valence-electron chi connectivity index (χ3n) is 6.38. The van der Waals surface area contributed by atoms with E-state index in [0.29, 0.717) is 0 Å². The molecule has 0 aliphatic heterocycles. The topological polar surface area (TPSA) is 30.2 Å². The number of fused-ring (bicyclic) bond motifs is 6. The second-order valence-electron chi connectivity index (χ2n) is 8.36. The van der Waals surface area contributed by atoms with Gasteiger partial charge in [0.1, 0.15) is 11.2 Å². The minimum atomic E-state index is 0.885. The van der Waals surface area contributed by atoms with Crippen molar-refractivity contribution >= 4 is 38.4 Å². The molecule has 0 amide bonds. The Hall–Kier alpha value is -4.50. The van der Waals surface area contributed by atoms with Gasteiger partial charge >= 0.3 is 0 Å². The van der Waals surface area contributed by atoms with Gasteiger partial charge in [-0.25, -0.2) is 9.97 Å². The number of hydrogen-bond donors (Lipinski definition) is 0. The Morgan fingerprint density at radius 3 is 2.21 bits per heavy atom. The van der Waals surface area contributed by atoms with E-state index in [1.165, 1.54) is 21.9 Å². The zero-order chi connectivity index (χ0) is 21.8. The standard InChI is InChI=1S/C30H19N3/c1-2-9-21-18-23(16-15-20(21)8-1)22-10-7-11-24(19-22)28-25-12-3-4-13-26(25)29-30(32-28)33-17-6-5-14-27(33)31-29/h1-19H. The predicted octanol–water partition coefficient (Wildman–Crippen LogP) is 7.52. The van der Waals surface area contributed by atoms with Crippen LogP contribution in [0.4, 0.5) is 0 Å². The van der Waals surface area contributed by atoms with Gasteiger partial charge in [-0.1, -0.05) is 84.9 Å². The maximum Gasteiger partial charge on any atom is 0.165 e. The highest BCUT2D eigenvalue weighted by molar-refractivity contribution is 6.09. The van der Waals surface area contributed by atoms with Crippen molar-refractivity contribution in [1.82, 2.24) is 14.4 Å². The zero-order valence-electron chi connectivity index (χ0n) is 17.8. The van der Waals surface area contributed by atoms with Gasteiger partial charge in [-0.2, -0.15) is 0 Å². The molecule has 0 fully saturated rings. The molecule has 0 bridgehead atoms. The first-order chi connectivity index (χ1) is 16.3. The summed E-state index contributed by atoms with van der Waals surface area (Å²) in [5.41, 5.74) is 7.20. The van der Waals surface area contributed by atoms with Crippen LogP contribution in [-0.4, -0.2) is 14.4 Å². The van der Waals surface area contributed by atoms with Gasteiger partial charge in [0.15, 0.2) is 5.65 Å². The maximum absolute atomic E-state index is 5.15. The molecule has 3 heterocycles. The van der Waals surface area contributed by atoms with Gasteiger partial charge in [0, 0.05) is 22.5 Å².